The molecule has 5 rings (SSSR count). The zero-order valence-electron chi connectivity index (χ0n) is 15.8. The number of aromatic nitrogens is 3. The highest BCUT2D eigenvalue weighted by atomic mass is 16.4. The van der Waals surface area contributed by atoms with Gasteiger partial charge < -0.3 is 19.0 Å². The topological polar surface area (TPSA) is 75.7 Å². The van der Waals surface area contributed by atoms with Crippen LogP contribution in [0, 0.1) is 6.92 Å². The standard InChI is InChI=1S/C21H21N5O2/c1-13-3-5-18-23-17(12-26(18)10-13)16-9-15-4-6-19(24-20(15)28-21(16)27)25-8-7-22-14(2)11-25/h3-6,9-10,12,14,22H,7-8,11H2,1-2H3/t14-/m0/s1. The second-order valence-electron chi connectivity index (χ2n) is 7.41. The van der Waals surface area contributed by atoms with Crippen molar-refractivity contribution in [2.45, 2.75) is 19.9 Å². The average Bonchev–Trinajstić information content (AvgIpc) is 3.10. The lowest BCUT2D eigenvalue weighted by Crippen LogP contribution is -2.49. The first-order valence-corrected chi connectivity index (χ1v) is 9.46. The maximum Gasteiger partial charge on any atom is 0.347 e. The van der Waals surface area contributed by atoms with Gasteiger partial charge in [0.2, 0.25) is 5.71 Å². The summed E-state index contributed by atoms with van der Waals surface area (Å²) in [6, 6.07) is 10.1. The van der Waals surface area contributed by atoms with Crippen molar-refractivity contribution in [3.8, 4) is 11.3 Å². The number of nitrogens with one attached hydrogen (secondary N) is 1. The molecule has 1 saturated heterocycles. The Morgan fingerprint density at radius 3 is 2.93 bits per heavy atom. The molecule has 0 amide bonds. The molecule has 28 heavy (non-hydrogen) atoms. The van der Waals surface area contributed by atoms with Crippen LogP contribution in [0.15, 0.2) is 51.9 Å². The number of nitrogens with zero attached hydrogens (tertiary/aromatic N) is 4. The smallest absolute Gasteiger partial charge is 0.347 e. The predicted molar refractivity (Wildman–Crippen MR) is 109 cm³/mol. The van der Waals surface area contributed by atoms with Crippen molar-refractivity contribution in [2.24, 2.45) is 0 Å². The predicted octanol–water partition coefficient (Wildman–Crippen LogP) is 2.61. The van der Waals surface area contributed by atoms with E-state index in [9.17, 15) is 4.79 Å². The summed E-state index contributed by atoms with van der Waals surface area (Å²) in [5.74, 6) is 0.833. The van der Waals surface area contributed by atoms with Crippen LogP contribution >= 0.6 is 0 Å². The van der Waals surface area contributed by atoms with E-state index in [2.05, 4.69) is 27.1 Å². The van der Waals surface area contributed by atoms with Gasteiger partial charge in [0, 0.05) is 43.5 Å². The van der Waals surface area contributed by atoms with Gasteiger partial charge in [-0.25, -0.2) is 9.78 Å². The van der Waals surface area contributed by atoms with Crippen molar-refractivity contribution >= 4 is 22.6 Å². The van der Waals surface area contributed by atoms with Gasteiger partial charge >= 0.3 is 5.63 Å². The van der Waals surface area contributed by atoms with Gasteiger partial charge in [0.25, 0.3) is 0 Å². The van der Waals surface area contributed by atoms with Gasteiger partial charge in [0.1, 0.15) is 11.5 Å². The molecule has 7 nitrogen and oxygen atoms in total. The molecule has 0 radical (unpaired) electrons. The van der Waals surface area contributed by atoms with E-state index in [1.165, 1.54) is 0 Å². The highest BCUT2D eigenvalue weighted by Crippen LogP contribution is 2.23. The van der Waals surface area contributed by atoms with Crippen molar-refractivity contribution in [3.63, 3.8) is 0 Å². The minimum Gasteiger partial charge on any atom is -0.403 e. The van der Waals surface area contributed by atoms with Crippen LogP contribution in [0.2, 0.25) is 0 Å². The van der Waals surface area contributed by atoms with E-state index >= 15 is 0 Å². The lowest BCUT2D eigenvalue weighted by atomic mass is 10.2. The Labute approximate surface area is 161 Å². The number of hydrogen-bond donors (Lipinski definition) is 1. The Hall–Kier alpha value is -3.19. The van der Waals surface area contributed by atoms with Crippen LogP contribution < -0.4 is 15.8 Å². The molecule has 0 aromatic carbocycles. The number of anilines is 1. The van der Waals surface area contributed by atoms with E-state index < -0.39 is 5.63 Å². The largest absolute Gasteiger partial charge is 0.403 e. The second kappa shape index (κ2) is 6.45. The minimum atomic E-state index is -0.425. The molecule has 0 spiro atoms. The molecule has 1 N–H and O–H groups in total. The molecule has 1 aliphatic heterocycles. The van der Waals surface area contributed by atoms with Crippen LogP contribution in [0.3, 0.4) is 0 Å². The summed E-state index contributed by atoms with van der Waals surface area (Å²) in [4.78, 5) is 24.0. The zero-order chi connectivity index (χ0) is 19.3. The number of rotatable bonds is 2. The van der Waals surface area contributed by atoms with Crippen molar-refractivity contribution in [1.82, 2.24) is 19.7 Å². The Morgan fingerprint density at radius 1 is 1.18 bits per heavy atom. The maximum atomic E-state index is 12.6. The Morgan fingerprint density at radius 2 is 2.07 bits per heavy atom. The number of aryl methyl sites for hydroxylation is 1. The van der Waals surface area contributed by atoms with Crippen LogP contribution in [-0.2, 0) is 0 Å². The number of hydrogen-bond acceptors (Lipinski definition) is 6. The van der Waals surface area contributed by atoms with Crippen LogP contribution in [0.1, 0.15) is 12.5 Å². The van der Waals surface area contributed by atoms with Crippen molar-refractivity contribution < 1.29 is 4.42 Å². The minimum absolute atomic E-state index is 0.358. The lowest BCUT2D eigenvalue weighted by molar-refractivity contribution is 0.481. The SMILES string of the molecule is Cc1ccc2nc(-c3cc4ccc(N5CCN[C@@H](C)C5)nc4oc3=O)cn2c1. The third-order valence-corrected chi connectivity index (χ3v) is 5.15. The fourth-order valence-electron chi connectivity index (χ4n) is 3.72. The highest BCUT2D eigenvalue weighted by molar-refractivity contribution is 5.80. The van der Waals surface area contributed by atoms with Gasteiger partial charge in [-0.3, -0.25) is 0 Å². The first-order chi connectivity index (χ1) is 13.6. The van der Waals surface area contributed by atoms with E-state index in [1.54, 1.807) is 0 Å². The molecule has 0 saturated carbocycles. The fraction of sp³-hybridized carbons (Fsp3) is 0.286. The molecular weight excluding hydrogens is 354 g/mol. The van der Waals surface area contributed by atoms with Gasteiger partial charge in [-0.1, -0.05) is 6.07 Å². The summed E-state index contributed by atoms with van der Waals surface area (Å²) >= 11 is 0. The van der Waals surface area contributed by atoms with Crippen LogP contribution in [0.25, 0.3) is 28.0 Å². The summed E-state index contributed by atoms with van der Waals surface area (Å²) in [6.07, 6.45) is 3.83. The monoisotopic (exact) mass is 375 g/mol. The molecule has 4 aromatic rings. The van der Waals surface area contributed by atoms with E-state index in [0.29, 0.717) is 23.0 Å². The first-order valence-electron chi connectivity index (χ1n) is 9.46. The third-order valence-electron chi connectivity index (χ3n) is 5.15. The summed E-state index contributed by atoms with van der Waals surface area (Å²) in [5.41, 5.74) is 2.89. The molecule has 1 fully saturated rings. The number of imidazole rings is 1. The molecule has 1 atom stereocenters. The van der Waals surface area contributed by atoms with E-state index in [-0.39, 0.29) is 0 Å². The quantitative estimate of drug-likeness (QED) is 0.580. The number of piperazine rings is 1. The maximum absolute atomic E-state index is 12.6. The molecule has 4 aromatic heterocycles. The summed E-state index contributed by atoms with van der Waals surface area (Å²) < 4.78 is 7.48. The van der Waals surface area contributed by atoms with Gasteiger partial charge in [-0.2, -0.15) is 4.98 Å². The Bertz CT molecular complexity index is 1240. The molecular formula is C21H21N5O2. The number of fused-ring (bicyclic) bond motifs is 2. The second-order valence-corrected chi connectivity index (χ2v) is 7.41. The molecule has 0 bridgehead atoms. The number of pyridine rings is 2. The normalized spacial score (nSPS) is 17.5. The summed E-state index contributed by atoms with van der Waals surface area (Å²) in [7, 11) is 0. The van der Waals surface area contributed by atoms with Crippen LogP contribution in [0.5, 0.6) is 0 Å². The molecule has 0 unspecified atom stereocenters. The summed E-state index contributed by atoms with van der Waals surface area (Å²) in [5, 5.41) is 4.20. The van der Waals surface area contributed by atoms with Gasteiger partial charge in [-0.15, -0.1) is 0 Å². The van der Waals surface area contributed by atoms with E-state index in [4.69, 9.17) is 4.42 Å². The zero-order valence-corrected chi connectivity index (χ0v) is 15.8. The van der Waals surface area contributed by atoms with Gasteiger partial charge in [0.05, 0.1) is 11.3 Å². The summed E-state index contributed by atoms with van der Waals surface area (Å²) in [6.45, 7) is 6.84. The van der Waals surface area contributed by atoms with Crippen molar-refractivity contribution in [2.75, 3.05) is 24.5 Å². The molecule has 7 heteroatoms. The first kappa shape index (κ1) is 16.9. The van der Waals surface area contributed by atoms with Gasteiger partial charge in [-0.05, 0) is 43.7 Å². The van der Waals surface area contributed by atoms with Crippen LogP contribution in [0.4, 0.5) is 5.82 Å². The lowest BCUT2D eigenvalue weighted by Gasteiger charge is -2.32. The van der Waals surface area contributed by atoms with Gasteiger partial charge in [0.15, 0.2) is 0 Å². The molecule has 1 aliphatic rings. The van der Waals surface area contributed by atoms with Crippen molar-refractivity contribution in [3.05, 3.63) is 58.7 Å². The molecule has 142 valence electrons. The highest BCUT2D eigenvalue weighted by Gasteiger charge is 2.18. The average molecular weight is 375 g/mol. The van der Waals surface area contributed by atoms with E-state index in [1.807, 2.05) is 54.0 Å². The Balaban J connectivity index is 1.56. The van der Waals surface area contributed by atoms with E-state index in [0.717, 1.165) is 42.0 Å². The fourth-order valence-corrected chi connectivity index (χ4v) is 3.72. The van der Waals surface area contributed by atoms with Crippen molar-refractivity contribution in [1.29, 1.82) is 0 Å². The molecule has 5 heterocycles. The van der Waals surface area contributed by atoms with Crippen LogP contribution in [-0.4, -0.2) is 40.0 Å². The molecule has 0 aliphatic carbocycles. The Kier molecular flexibility index (Phi) is 3.91. The third kappa shape index (κ3) is 2.93.